The minimum Gasteiger partial charge on any atom is -0.341 e. The van der Waals surface area contributed by atoms with Crippen LogP contribution >= 0.6 is 0 Å². The molecule has 1 heterocycles. The number of carbonyl (C=O) groups is 1. The van der Waals surface area contributed by atoms with Gasteiger partial charge in [0.1, 0.15) is 5.41 Å². The molecule has 1 saturated heterocycles. The quantitative estimate of drug-likeness (QED) is 0.651. The number of amides is 1. The molecule has 0 aliphatic carbocycles. The highest BCUT2D eigenvalue weighted by Crippen LogP contribution is 2.29. The zero-order chi connectivity index (χ0) is 11.6. The van der Waals surface area contributed by atoms with Crippen molar-refractivity contribution in [3.63, 3.8) is 0 Å². The van der Waals surface area contributed by atoms with E-state index in [1.54, 1.807) is 0 Å². The maximum atomic E-state index is 12.6. The Labute approximate surface area is 88.9 Å². The number of rotatable bonds is 2. The second-order valence-electron chi connectivity index (χ2n) is 4.56. The van der Waals surface area contributed by atoms with E-state index in [-0.39, 0.29) is 0 Å². The lowest BCUT2D eigenvalue weighted by Gasteiger charge is -2.34. The van der Waals surface area contributed by atoms with Gasteiger partial charge in [0.25, 0.3) is 6.43 Å². The molecule has 0 bridgehead atoms. The zero-order valence-electron chi connectivity index (χ0n) is 9.22. The third-order valence-corrected chi connectivity index (χ3v) is 2.85. The first-order valence-electron chi connectivity index (χ1n) is 5.10. The van der Waals surface area contributed by atoms with Crippen molar-refractivity contribution in [1.82, 2.24) is 4.90 Å². The summed E-state index contributed by atoms with van der Waals surface area (Å²) in [5.41, 5.74) is -0.479. The molecule has 0 aromatic carbocycles. The lowest BCUT2D eigenvalue weighted by atomic mass is 9.91. The molecule has 1 amide bonds. The average Bonchev–Trinajstić information content (AvgIpc) is 2.17. The Morgan fingerprint density at radius 3 is 2.27 bits per heavy atom. The fraction of sp³-hybridized carbons (Fsp3) is 0.727. The Kier molecular flexibility index (Phi) is 3.47. The topological polar surface area (TPSA) is 20.3 Å². The summed E-state index contributed by atoms with van der Waals surface area (Å²) in [5, 5.41) is 0. The summed E-state index contributed by atoms with van der Waals surface area (Å²) in [6.45, 7) is 7.45. The minimum absolute atomic E-state index is 0.454. The van der Waals surface area contributed by atoms with Gasteiger partial charge in [0, 0.05) is 13.1 Å². The number of halogens is 2. The van der Waals surface area contributed by atoms with E-state index in [0.717, 1.165) is 18.4 Å². The smallest absolute Gasteiger partial charge is 0.252 e. The van der Waals surface area contributed by atoms with Crippen LogP contribution in [0.4, 0.5) is 8.78 Å². The van der Waals surface area contributed by atoms with Gasteiger partial charge in [0.15, 0.2) is 0 Å². The summed E-state index contributed by atoms with van der Waals surface area (Å²) < 4.78 is 25.3. The van der Waals surface area contributed by atoms with Crippen LogP contribution in [0.5, 0.6) is 0 Å². The van der Waals surface area contributed by atoms with Crippen LogP contribution in [-0.2, 0) is 4.79 Å². The number of nitrogens with zero attached hydrogens (tertiary/aromatic N) is 1. The van der Waals surface area contributed by atoms with E-state index in [9.17, 15) is 13.6 Å². The van der Waals surface area contributed by atoms with Gasteiger partial charge in [0.05, 0.1) is 0 Å². The van der Waals surface area contributed by atoms with Crippen LogP contribution in [0.2, 0.25) is 0 Å². The van der Waals surface area contributed by atoms with Crippen molar-refractivity contribution >= 4 is 5.91 Å². The summed E-state index contributed by atoms with van der Waals surface area (Å²) in [4.78, 5) is 13.3. The molecule has 0 aromatic heterocycles. The van der Waals surface area contributed by atoms with Gasteiger partial charge in [-0.25, -0.2) is 8.78 Å². The fourth-order valence-corrected chi connectivity index (χ4v) is 1.53. The number of likely N-dealkylation sites (tertiary alicyclic amines) is 1. The molecule has 1 aliphatic rings. The van der Waals surface area contributed by atoms with E-state index in [0.29, 0.717) is 13.1 Å². The predicted molar refractivity (Wildman–Crippen MR) is 54.7 cm³/mol. The molecule has 0 aromatic rings. The largest absolute Gasteiger partial charge is 0.341 e. The normalized spacial score (nSPS) is 18.5. The number of hydrogen-bond donors (Lipinski definition) is 0. The summed E-state index contributed by atoms with van der Waals surface area (Å²) >= 11 is 0. The molecule has 0 N–H and O–H groups in total. The Morgan fingerprint density at radius 2 is 1.87 bits per heavy atom. The standard InChI is InChI=1S/C11H17F2NO/c1-8-4-6-14(7-5-8)10(15)11(2,3)9(12)13/h9H,1,4-7H2,2-3H3. The first kappa shape index (κ1) is 12.1. The van der Waals surface area contributed by atoms with Gasteiger partial charge in [-0.05, 0) is 26.7 Å². The van der Waals surface area contributed by atoms with Crippen molar-refractivity contribution in [3.8, 4) is 0 Å². The van der Waals surface area contributed by atoms with Gasteiger partial charge < -0.3 is 4.90 Å². The van der Waals surface area contributed by atoms with Crippen molar-refractivity contribution < 1.29 is 13.6 Å². The first-order valence-corrected chi connectivity index (χ1v) is 5.10. The van der Waals surface area contributed by atoms with Crippen LogP contribution in [-0.4, -0.2) is 30.3 Å². The third kappa shape index (κ3) is 2.55. The van der Waals surface area contributed by atoms with Crippen LogP contribution in [0.1, 0.15) is 26.7 Å². The molecule has 4 heteroatoms. The highest BCUT2D eigenvalue weighted by molar-refractivity contribution is 5.82. The Hall–Kier alpha value is -0.930. The lowest BCUT2D eigenvalue weighted by molar-refractivity contribution is -0.149. The predicted octanol–water partition coefficient (Wildman–Crippen LogP) is 2.46. The van der Waals surface area contributed by atoms with Crippen LogP contribution in [0.3, 0.4) is 0 Å². The van der Waals surface area contributed by atoms with Gasteiger partial charge in [-0.3, -0.25) is 4.79 Å². The first-order chi connectivity index (χ1) is 6.85. The molecule has 1 rings (SSSR count). The highest BCUT2D eigenvalue weighted by atomic mass is 19.3. The lowest BCUT2D eigenvalue weighted by Crippen LogP contribution is -2.46. The summed E-state index contributed by atoms with van der Waals surface area (Å²) in [6, 6.07) is 0. The van der Waals surface area contributed by atoms with E-state index in [1.165, 1.54) is 18.7 Å². The number of piperidine rings is 1. The molecule has 15 heavy (non-hydrogen) atoms. The second kappa shape index (κ2) is 4.29. The van der Waals surface area contributed by atoms with E-state index < -0.39 is 17.7 Å². The average molecular weight is 217 g/mol. The van der Waals surface area contributed by atoms with Crippen molar-refractivity contribution in [2.45, 2.75) is 33.1 Å². The molecule has 1 aliphatic heterocycles. The van der Waals surface area contributed by atoms with E-state index in [2.05, 4.69) is 6.58 Å². The summed E-state index contributed by atoms with van der Waals surface area (Å²) in [5.74, 6) is -0.454. The van der Waals surface area contributed by atoms with Crippen LogP contribution < -0.4 is 0 Å². The molecule has 1 fully saturated rings. The summed E-state index contributed by atoms with van der Waals surface area (Å²) in [6.07, 6.45) is -1.16. The molecule has 0 saturated carbocycles. The van der Waals surface area contributed by atoms with Gasteiger partial charge in [0.2, 0.25) is 5.91 Å². The van der Waals surface area contributed by atoms with Gasteiger partial charge in [-0.2, -0.15) is 0 Å². The number of alkyl halides is 2. The van der Waals surface area contributed by atoms with Gasteiger partial charge in [-0.15, -0.1) is 0 Å². The second-order valence-corrected chi connectivity index (χ2v) is 4.56. The maximum Gasteiger partial charge on any atom is 0.252 e. The van der Waals surface area contributed by atoms with E-state index in [1.807, 2.05) is 0 Å². The monoisotopic (exact) mass is 217 g/mol. The van der Waals surface area contributed by atoms with E-state index >= 15 is 0 Å². The van der Waals surface area contributed by atoms with Crippen LogP contribution in [0, 0.1) is 5.41 Å². The van der Waals surface area contributed by atoms with Crippen molar-refractivity contribution in [3.05, 3.63) is 12.2 Å². The molecule has 0 radical (unpaired) electrons. The SMILES string of the molecule is C=C1CCN(C(=O)C(C)(C)C(F)F)CC1. The number of carbonyl (C=O) groups excluding carboxylic acids is 1. The molecule has 0 atom stereocenters. The van der Waals surface area contributed by atoms with Crippen molar-refractivity contribution in [2.75, 3.05) is 13.1 Å². The van der Waals surface area contributed by atoms with Gasteiger partial charge >= 0.3 is 0 Å². The molecular formula is C11H17F2NO. The summed E-state index contributed by atoms with van der Waals surface area (Å²) in [7, 11) is 0. The Morgan fingerprint density at radius 1 is 1.40 bits per heavy atom. The zero-order valence-corrected chi connectivity index (χ0v) is 9.22. The third-order valence-electron chi connectivity index (χ3n) is 2.85. The Bertz CT molecular complexity index is 264. The maximum absolute atomic E-state index is 12.6. The van der Waals surface area contributed by atoms with E-state index in [4.69, 9.17) is 0 Å². The van der Waals surface area contributed by atoms with Crippen LogP contribution in [0.15, 0.2) is 12.2 Å². The highest BCUT2D eigenvalue weighted by Gasteiger charge is 2.40. The van der Waals surface area contributed by atoms with Crippen LogP contribution in [0.25, 0.3) is 0 Å². The minimum atomic E-state index is -2.62. The fourth-order valence-electron chi connectivity index (χ4n) is 1.53. The Balaban J connectivity index is 2.65. The van der Waals surface area contributed by atoms with Gasteiger partial charge in [-0.1, -0.05) is 12.2 Å². The molecule has 0 spiro atoms. The van der Waals surface area contributed by atoms with Crippen molar-refractivity contribution in [2.24, 2.45) is 5.41 Å². The molecule has 2 nitrogen and oxygen atoms in total. The van der Waals surface area contributed by atoms with Crippen molar-refractivity contribution in [1.29, 1.82) is 0 Å². The molecule has 0 unspecified atom stereocenters. The molecular weight excluding hydrogens is 200 g/mol. The number of hydrogen-bond acceptors (Lipinski definition) is 1. The molecule has 86 valence electrons.